The van der Waals surface area contributed by atoms with Crippen molar-refractivity contribution in [2.75, 3.05) is 32.7 Å². The van der Waals surface area contributed by atoms with Crippen LogP contribution in [0.3, 0.4) is 0 Å². The third-order valence-electron chi connectivity index (χ3n) is 3.47. The van der Waals surface area contributed by atoms with E-state index in [1.165, 1.54) is 0 Å². The van der Waals surface area contributed by atoms with E-state index in [9.17, 15) is 9.59 Å². The van der Waals surface area contributed by atoms with Crippen molar-refractivity contribution in [2.24, 2.45) is 0 Å². The molecule has 0 unspecified atom stereocenters. The molecule has 0 bridgehead atoms. The number of nitrogens with zero attached hydrogens (tertiary/aromatic N) is 2. The Morgan fingerprint density at radius 3 is 2.24 bits per heavy atom. The molecule has 1 heterocycles. The molecule has 0 aromatic heterocycles. The number of rotatable bonds is 3. The standard InChI is InChI=1S/C15H20ClN3O2/c1-2-7-17-15(21)19-10-8-18(9-11-19)14(20)12-3-5-13(16)6-4-12/h3-6H,2,7-11H2,1H3,(H,17,21). The summed E-state index contributed by atoms with van der Waals surface area (Å²) < 4.78 is 0. The second-order valence-corrected chi connectivity index (χ2v) is 5.45. The number of piperazine rings is 1. The average molecular weight is 310 g/mol. The first-order valence-corrected chi connectivity index (χ1v) is 7.57. The Morgan fingerprint density at radius 2 is 1.67 bits per heavy atom. The lowest BCUT2D eigenvalue weighted by atomic mass is 10.2. The Bertz CT molecular complexity index is 496. The Morgan fingerprint density at radius 1 is 1.10 bits per heavy atom. The Hall–Kier alpha value is -1.75. The molecule has 114 valence electrons. The van der Waals surface area contributed by atoms with Crippen molar-refractivity contribution in [1.29, 1.82) is 0 Å². The van der Waals surface area contributed by atoms with Crippen LogP contribution in [0.25, 0.3) is 0 Å². The molecule has 1 N–H and O–H groups in total. The minimum Gasteiger partial charge on any atom is -0.338 e. The first-order chi connectivity index (χ1) is 10.1. The molecule has 1 aliphatic heterocycles. The van der Waals surface area contributed by atoms with Gasteiger partial charge in [0.1, 0.15) is 0 Å². The molecule has 2 rings (SSSR count). The second-order valence-electron chi connectivity index (χ2n) is 5.02. The van der Waals surface area contributed by atoms with Gasteiger partial charge >= 0.3 is 6.03 Å². The lowest BCUT2D eigenvalue weighted by Gasteiger charge is -2.34. The van der Waals surface area contributed by atoms with Crippen LogP contribution in [0, 0.1) is 0 Å². The van der Waals surface area contributed by atoms with Gasteiger partial charge in [0.2, 0.25) is 0 Å². The zero-order chi connectivity index (χ0) is 15.2. The van der Waals surface area contributed by atoms with Crippen LogP contribution in [0.4, 0.5) is 4.79 Å². The molecule has 21 heavy (non-hydrogen) atoms. The fourth-order valence-corrected chi connectivity index (χ4v) is 2.36. The molecular formula is C15H20ClN3O2. The SMILES string of the molecule is CCCNC(=O)N1CCN(C(=O)c2ccc(Cl)cc2)CC1. The fraction of sp³-hybridized carbons (Fsp3) is 0.467. The maximum absolute atomic E-state index is 12.3. The number of carbonyl (C=O) groups is 2. The quantitative estimate of drug-likeness (QED) is 0.931. The number of hydrogen-bond donors (Lipinski definition) is 1. The van der Waals surface area contributed by atoms with Gasteiger partial charge in [-0.1, -0.05) is 18.5 Å². The lowest BCUT2D eigenvalue weighted by molar-refractivity contribution is 0.0665. The van der Waals surface area contributed by atoms with Crippen molar-refractivity contribution in [3.63, 3.8) is 0 Å². The first-order valence-electron chi connectivity index (χ1n) is 7.19. The van der Waals surface area contributed by atoms with Crippen molar-refractivity contribution in [2.45, 2.75) is 13.3 Å². The molecule has 0 aliphatic carbocycles. The predicted octanol–water partition coefficient (Wildman–Crippen LogP) is 2.22. The van der Waals surface area contributed by atoms with Gasteiger partial charge in [-0.3, -0.25) is 4.79 Å². The Balaban J connectivity index is 1.87. The number of hydrogen-bond acceptors (Lipinski definition) is 2. The lowest BCUT2D eigenvalue weighted by Crippen LogP contribution is -2.53. The van der Waals surface area contributed by atoms with Crippen molar-refractivity contribution in [1.82, 2.24) is 15.1 Å². The summed E-state index contributed by atoms with van der Waals surface area (Å²) in [6, 6.07) is 6.83. The number of amides is 3. The summed E-state index contributed by atoms with van der Waals surface area (Å²) in [5.41, 5.74) is 0.628. The highest BCUT2D eigenvalue weighted by molar-refractivity contribution is 6.30. The highest BCUT2D eigenvalue weighted by atomic mass is 35.5. The number of urea groups is 1. The van der Waals surface area contributed by atoms with Crippen LogP contribution in [0.5, 0.6) is 0 Å². The molecule has 1 aromatic carbocycles. The molecular weight excluding hydrogens is 290 g/mol. The van der Waals surface area contributed by atoms with E-state index in [0.29, 0.717) is 43.3 Å². The van der Waals surface area contributed by atoms with Crippen LogP contribution >= 0.6 is 11.6 Å². The molecule has 0 atom stereocenters. The molecule has 0 radical (unpaired) electrons. The summed E-state index contributed by atoms with van der Waals surface area (Å²) in [6.07, 6.45) is 0.917. The van der Waals surface area contributed by atoms with Crippen LogP contribution in [0.15, 0.2) is 24.3 Å². The van der Waals surface area contributed by atoms with E-state index < -0.39 is 0 Å². The molecule has 5 nitrogen and oxygen atoms in total. The number of nitrogens with one attached hydrogen (secondary N) is 1. The summed E-state index contributed by atoms with van der Waals surface area (Å²) in [5.74, 6) is -0.0136. The first kappa shape index (κ1) is 15.6. The molecule has 1 fully saturated rings. The topological polar surface area (TPSA) is 52.7 Å². The second kappa shape index (κ2) is 7.31. The molecule has 3 amide bonds. The van der Waals surface area contributed by atoms with Crippen LogP contribution in [0.2, 0.25) is 5.02 Å². The predicted molar refractivity (Wildman–Crippen MR) is 82.6 cm³/mol. The molecule has 1 saturated heterocycles. The number of carbonyl (C=O) groups excluding carboxylic acids is 2. The Labute approximate surface area is 129 Å². The van der Waals surface area contributed by atoms with E-state index in [1.54, 1.807) is 34.1 Å². The molecule has 1 aromatic rings. The summed E-state index contributed by atoms with van der Waals surface area (Å²) >= 11 is 5.82. The third kappa shape index (κ3) is 4.11. The highest BCUT2D eigenvalue weighted by Crippen LogP contribution is 2.13. The monoisotopic (exact) mass is 309 g/mol. The van der Waals surface area contributed by atoms with E-state index in [-0.39, 0.29) is 11.9 Å². The smallest absolute Gasteiger partial charge is 0.317 e. The number of benzene rings is 1. The van der Waals surface area contributed by atoms with Crippen molar-refractivity contribution in [3.8, 4) is 0 Å². The fourth-order valence-electron chi connectivity index (χ4n) is 2.23. The molecule has 6 heteroatoms. The summed E-state index contributed by atoms with van der Waals surface area (Å²) in [4.78, 5) is 27.7. The minimum atomic E-state index is -0.0459. The number of halogens is 1. The highest BCUT2D eigenvalue weighted by Gasteiger charge is 2.24. The van der Waals surface area contributed by atoms with Gasteiger partial charge in [-0.25, -0.2) is 4.79 Å². The van der Waals surface area contributed by atoms with Crippen molar-refractivity contribution in [3.05, 3.63) is 34.9 Å². The molecule has 1 aliphatic rings. The normalized spacial score (nSPS) is 15.0. The van der Waals surface area contributed by atoms with E-state index in [1.807, 2.05) is 6.92 Å². The van der Waals surface area contributed by atoms with Gasteiger partial charge in [0.05, 0.1) is 0 Å². The van der Waals surface area contributed by atoms with Crippen molar-refractivity contribution >= 4 is 23.5 Å². The molecule has 0 spiro atoms. The minimum absolute atomic E-state index is 0.0136. The molecule has 0 saturated carbocycles. The summed E-state index contributed by atoms with van der Waals surface area (Å²) in [7, 11) is 0. The van der Waals surface area contributed by atoms with Gasteiger partial charge in [0.15, 0.2) is 0 Å². The largest absolute Gasteiger partial charge is 0.338 e. The van der Waals surface area contributed by atoms with E-state index in [0.717, 1.165) is 6.42 Å². The van der Waals surface area contributed by atoms with Gasteiger partial charge in [0, 0.05) is 43.3 Å². The summed E-state index contributed by atoms with van der Waals surface area (Å²) in [5, 5.41) is 3.47. The maximum atomic E-state index is 12.3. The van der Waals surface area contributed by atoms with E-state index in [2.05, 4.69) is 5.32 Å². The zero-order valence-corrected chi connectivity index (χ0v) is 12.9. The van der Waals surface area contributed by atoms with Gasteiger partial charge in [0.25, 0.3) is 5.91 Å². The van der Waals surface area contributed by atoms with Gasteiger partial charge in [-0.2, -0.15) is 0 Å². The van der Waals surface area contributed by atoms with Gasteiger partial charge in [-0.15, -0.1) is 0 Å². The van der Waals surface area contributed by atoms with Crippen LogP contribution in [-0.4, -0.2) is 54.5 Å². The average Bonchev–Trinajstić information content (AvgIpc) is 2.53. The summed E-state index contributed by atoms with van der Waals surface area (Å²) in [6.45, 7) is 4.94. The van der Waals surface area contributed by atoms with Crippen LogP contribution in [0.1, 0.15) is 23.7 Å². The third-order valence-corrected chi connectivity index (χ3v) is 3.72. The van der Waals surface area contributed by atoms with Gasteiger partial charge in [-0.05, 0) is 30.7 Å². The van der Waals surface area contributed by atoms with Crippen molar-refractivity contribution < 1.29 is 9.59 Å². The van der Waals surface area contributed by atoms with Crippen LogP contribution in [-0.2, 0) is 0 Å². The van der Waals surface area contributed by atoms with Gasteiger partial charge < -0.3 is 15.1 Å². The Kier molecular flexibility index (Phi) is 5.44. The van der Waals surface area contributed by atoms with Crippen LogP contribution < -0.4 is 5.32 Å². The maximum Gasteiger partial charge on any atom is 0.317 e. The van der Waals surface area contributed by atoms with E-state index >= 15 is 0 Å². The van der Waals surface area contributed by atoms with E-state index in [4.69, 9.17) is 11.6 Å². The zero-order valence-electron chi connectivity index (χ0n) is 12.1.